The second-order valence-electron chi connectivity index (χ2n) is 8.21. The monoisotopic (exact) mass is 421 g/mol. The minimum absolute atomic E-state index is 0.140. The quantitative estimate of drug-likeness (QED) is 0.397. The molecule has 0 aliphatic carbocycles. The van der Waals surface area contributed by atoms with Crippen molar-refractivity contribution in [3.05, 3.63) is 35.6 Å². The van der Waals surface area contributed by atoms with Gasteiger partial charge < -0.3 is 24.4 Å². The Morgan fingerprint density at radius 1 is 1.27 bits per heavy atom. The Hall–Kier alpha value is -1.70. The molecule has 1 aromatic rings. The minimum Gasteiger partial charge on any atom is -0.385 e. The molecule has 1 N–H and O–H groups in total. The van der Waals surface area contributed by atoms with Crippen LogP contribution >= 0.6 is 0 Å². The van der Waals surface area contributed by atoms with E-state index >= 15 is 0 Å². The number of hydrogen-bond donors (Lipinski definition) is 1. The summed E-state index contributed by atoms with van der Waals surface area (Å²) in [6, 6.07) is 7.01. The second kappa shape index (κ2) is 11.6. The van der Waals surface area contributed by atoms with E-state index in [0.717, 1.165) is 76.5 Å². The van der Waals surface area contributed by atoms with Gasteiger partial charge in [0.1, 0.15) is 5.82 Å². The van der Waals surface area contributed by atoms with Crippen LogP contribution in [-0.4, -0.2) is 77.2 Å². The number of hydrogen-bond acceptors (Lipinski definition) is 4. The first-order chi connectivity index (χ1) is 14.7. The highest BCUT2D eigenvalue weighted by atomic mass is 19.1. The van der Waals surface area contributed by atoms with Crippen molar-refractivity contribution in [3.8, 4) is 0 Å². The van der Waals surface area contributed by atoms with Crippen LogP contribution in [-0.2, 0) is 19.6 Å². The van der Waals surface area contributed by atoms with E-state index in [1.54, 1.807) is 19.2 Å². The van der Waals surface area contributed by atoms with Crippen molar-refractivity contribution in [1.29, 1.82) is 0 Å². The Balaban J connectivity index is 1.55. The van der Waals surface area contributed by atoms with Crippen LogP contribution in [0.15, 0.2) is 29.3 Å². The maximum atomic E-state index is 13.9. The molecule has 6 nitrogen and oxygen atoms in total. The van der Waals surface area contributed by atoms with E-state index in [-0.39, 0.29) is 11.2 Å². The summed E-state index contributed by atoms with van der Waals surface area (Å²) in [5.41, 5.74) is 0.899. The number of methoxy groups -OCH3 is 1. The third-order valence-electron chi connectivity index (χ3n) is 6.27. The molecule has 0 bridgehead atoms. The van der Waals surface area contributed by atoms with Gasteiger partial charge in [0.15, 0.2) is 5.96 Å². The molecule has 0 amide bonds. The summed E-state index contributed by atoms with van der Waals surface area (Å²) in [7, 11) is 3.55. The number of guanidine groups is 1. The first-order valence-corrected chi connectivity index (χ1v) is 11.1. The van der Waals surface area contributed by atoms with Gasteiger partial charge >= 0.3 is 0 Å². The van der Waals surface area contributed by atoms with E-state index in [9.17, 15) is 4.39 Å². The Labute approximate surface area is 179 Å². The van der Waals surface area contributed by atoms with Crippen molar-refractivity contribution >= 4 is 5.96 Å². The lowest BCUT2D eigenvalue weighted by atomic mass is 9.74. The molecule has 30 heavy (non-hydrogen) atoms. The molecule has 0 atom stereocenters. The van der Waals surface area contributed by atoms with Gasteiger partial charge in [-0.1, -0.05) is 12.1 Å². The molecule has 0 unspecified atom stereocenters. The van der Waals surface area contributed by atoms with Gasteiger partial charge in [-0.2, -0.15) is 0 Å². The summed E-state index contributed by atoms with van der Waals surface area (Å²) in [6.45, 7) is 5.46. The molecule has 3 rings (SSSR count). The summed E-state index contributed by atoms with van der Waals surface area (Å²) in [5, 5.41) is 3.58. The highest BCUT2D eigenvalue weighted by Crippen LogP contribution is 2.34. The first kappa shape index (κ1) is 23.0. The number of likely N-dealkylation sites (tertiary alicyclic amines) is 1. The van der Waals surface area contributed by atoms with Gasteiger partial charge in [-0.15, -0.1) is 0 Å². The molecule has 2 heterocycles. The maximum absolute atomic E-state index is 13.9. The molecule has 0 aromatic heterocycles. The molecule has 0 spiro atoms. The molecular weight excluding hydrogens is 385 g/mol. The lowest BCUT2D eigenvalue weighted by Crippen LogP contribution is -2.51. The van der Waals surface area contributed by atoms with Crippen molar-refractivity contribution in [2.75, 3.05) is 60.2 Å². The van der Waals surface area contributed by atoms with Crippen LogP contribution in [0, 0.1) is 5.82 Å². The predicted molar refractivity (Wildman–Crippen MR) is 117 cm³/mol. The average Bonchev–Trinajstić information content (AvgIpc) is 2.79. The van der Waals surface area contributed by atoms with Crippen LogP contribution in [0.1, 0.15) is 37.7 Å². The van der Waals surface area contributed by atoms with Gasteiger partial charge in [0.25, 0.3) is 0 Å². The average molecular weight is 422 g/mol. The van der Waals surface area contributed by atoms with E-state index in [2.05, 4.69) is 15.2 Å². The Morgan fingerprint density at radius 2 is 2.03 bits per heavy atom. The van der Waals surface area contributed by atoms with Gasteiger partial charge in [0, 0.05) is 65.6 Å². The number of aliphatic imine (C=N–C) groups is 1. The summed E-state index contributed by atoms with van der Waals surface area (Å²) >= 11 is 0. The van der Waals surface area contributed by atoms with Crippen LogP contribution in [0.5, 0.6) is 0 Å². The maximum Gasteiger partial charge on any atom is 0.193 e. The molecule has 0 radical (unpaired) electrons. The third-order valence-corrected chi connectivity index (χ3v) is 6.27. The van der Waals surface area contributed by atoms with Crippen LogP contribution < -0.4 is 5.32 Å². The molecule has 2 saturated heterocycles. The van der Waals surface area contributed by atoms with Crippen molar-refractivity contribution < 1.29 is 18.6 Å². The second-order valence-corrected chi connectivity index (χ2v) is 8.21. The fourth-order valence-electron chi connectivity index (χ4n) is 4.42. The predicted octanol–water partition coefficient (Wildman–Crippen LogP) is 2.97. The molecule has 7 heteroatoms. The Kier molecular flexibility index (Phi) is 8.90. The van der Waals surface area contributed by atoms with Crippen molar-refractivity contribution in [1.82, 2.24) is 10.2 Å². The molecule has 2 aliphatic rings. The van der Waals surface area contributed by atoms with Crippen LogP contribution in [0.4, 0.5) is 4.39 Å². The summed E-state index contributed by atoms with van der Waals surface area (Å²) in [4.78, 5) is 6.82. The number of benzene rings is 1. The lowest BCUT2D eigenvalue weighted by molar-refractivity contribution is 0.00968. The molecular formula is C23H36FN3O3. The number of piperidine rings is 1. The van der Waals surface area contributed by atoms with Gasteiger partial charge in [-0.3, -0.25) is 4.99 Å². The Morgan fingerprint density at radius 3 is 2.70 bits per heavy atom. The standard InChI is InChI=1S/C23H36FN3O3/c1-25-22(27-11-7-21(8-12-27)30-14-4-13-28-2)26-18-23(9-15-29-16-10-23)19-5-3-6-20(24)17-19/h3,5-6,17,21H,4,7-16,18H2,1-2H3,(H,25,26). The van der Waals surface area contributed by atoms with Crippen LogP contribution in [0.3, 0.4) is 0 Å². The van der Waals surface area contributed by atoms with Gasteiger partial charge in [-0.05, 0) is 49.8 Å². The summed E-state index contributed by atoms with van der Waals surface area (Å²) in [5.74, 6) is 0.727. The fourth-order valence-corrected chi connectivity index (χ4v) is 4.42. The van der Waals surface area contributed by atoms with E-state index < -0.39 is 0 Å². The van der Waals surface area contributed by atoms with E-state index in [1.165, 1.54) is 6.07 Å². The largest absolute Gasteiger partial charge is 0.385 e. The van der Waals surface area contributed by atoms with Crippen molar-refractivity contribution in [3.63, 3.8) is 0 Å². The zero-order chi connectivity index (χ0) is 21.2. The molecule has 1 aromatic carbocycles. The first-order valence-electron chi connectivity index (χ1n) is 11.1. The van der Waals surface area contributed by atoms with E-state index in [4.69, 9.17) is 14.2 Å². The van der Waals surface area contributed by atoms with E-state index in [0.29, 0.717) is 19.3 Å². The van der Waals surface area contributed by atoms with Gasteiger partial charge in [-0.25, -0.2) is 4.39 Å². The number of rotatable bonds is 8. The van der Waals surface area contributed by atoms with Crippen LogP contribution in [0.25, 0.3) is 0 Å². The summed E-state index contributed by atoms with van der Waals surface area (Å²) in [6.07, 6.45) is 4.99. The summed E-state index contributed by atoms with van der Waals surface area (Å²) < 4.78 is 30.6. The van der Waals surface area contributed by atoms with Crippen molar-refractivity contribution in [2.24, 2.45) is 4.99 Å². The third kappa shape index (κ3) is 6.15. The highest BCUT2D eigenvalue weighted by Gasteiger charge is 2.35. The molecule has 2 fully saturated rings. The zero-order valence-electron chi connectivity index (χ0n) is 18.4. The van der Waals surface area contributed by atoms with Gasteiger partial charge in [0.05, 0.1) is 6.10 Å². The SMILES string of the molecule is CN=C(NCC1(c2cccc(F)c2)CCOCC1)N1CCC(OCCCOC)CC1. The molecule has 2 aliphatic heterocycles. The van der Waals surface area contributed by atoms with Crippen LogP contribution in [0.2, 0.25) is 0 Å². The van der Waals surface area contributed by atoms with E-state index in [1.807, 2.05) is 13.1 Å². The number of nitrogens with zero attached hydrogens (tertiary/aromatic N) is 2. The normalized spacial score (nSPS) is 20.4. The number of nitrogens with one attached hydrogen (secondary N) is 1. The van der Waals surface area contributed by atoms with Crippen molar-refractivity contribution in [2.45, 2.75) is 43.6 Å². The highest BCUT2D eigenvalue weighted by molar-refractivity contribution is 5.80. The van der Waals surface area contributed by atoms with Gasteiger partial charge in [0.2, 0.25) is 0 Å². The number of ether oxygens (including phenoxy) is 3. The Bertz CT molecular complexity index is 671. The molecule has 0 saturated carbocycles. The smallest absolute Gasteiger partial charge is 0.193 e. The lowest BCUT2D eigenvalue weighted by Gasteiger charge is -2.40. The topological polar surface area (TPSA) is 55.3 Å². The fraction of sp³-hybridized carbons (Fsp3) is 0.696. The zero-order valence-corrected chi connectivity index (χ0v) is 18.4. The number of halogens is 1. The minimum atomic E-state index is -0.185. The molecule has 168 valence electrons.